The summed E-state index contributed by atoms with van der Waals surface area (Å²) in [4.78, 5) is 0. The zero-order valence-electron chi connectivity index (χ0n) is 8.52. The van der Waals surface area contributed by atoms with Crippen LogP contribution in [-0.4, -0.2) is 37.1 Å². The lowest BCUT2D eigenvalue weighted by molar-refractivity contribution is 0.330. The van der Waals surface area contributed by atoms with Gasteiger partial charge in [0, 0.05) is 19.1 Å². The molecule has 0 radical (unpaired) electrons. The minimum atomic E-state index is -3.11. The van der Waals surface area contributed by atoms with Crippen LogP contribution in [0.25, 0.3) is 0 Å². The SMILES string of the molecule is CC(CN)S(=O)(=O)N1CC2CCC1C2. The Morgan fingerprint density at radius 2 is 2.21 bits per heavy atom. The fourth-order valence-corrected chi connectivity index (χ4v) is 4.28. The Kier molecular flexibility index (Phi) is 2.57. The van der Waals surface area contributed by atoms with E-state index in [1.54, 1.807) is 11.2 Å². The van der Waals surface area contributed by atoms with Crippen molar-refractivity contribution in [3.63, 3.8) is 0 Å². The van der Waals surface area contributed by atoms with Gasteiger partial charge in [0.15, 0.2) is 0 Å². The zero-order chi connectivity index (χ0) is 10.3. The van der Waals surface area contributed by atoms with Crippen LogP contribution >= 0.6 is 0 Å². The molecule has 4 nitrogen and oxygen atoms in total. The smallest absolute Gasteiger partial charge is 0.218 e. The largest absolute Gasteiger partial charge is 0.329 e. The number of fused-ring (bicyclic) bond motifs is 2. The monoisotopic (exact) mass is 218 g/mol. The fraction of sp³-hybridized carbons (Fsp3) is 1.00. The first-order chi connectivity index (χ1) is 6.55. The van der Waals surface area contributed by atoms with E-state index in [0.29, 0.717) is 5.92 Å². The average Bonchev–Trinajstić information content (AvgIpc) is 2.77. The molecule has 0 amide bonds. The van der Waals surface area contributed by atoms with E-state index in [9.17, 15) is 8.42 Å². The third-order valence-electron chi connectivity index (χ3n) is 3.53. The van der Waals surface area contributed by atoms with Gasteiger partial charge in [-0.2, -0.15) is 4.31 Å². The van der Waals surface area contributed by atoms with Gasteiger partial charge in [0.2, 0.25) is 10.0 Å². The highest BCUT2D eigenvalue weighted by Gasteiger charge is 2.44. The molecular formula is C9H18N2O2S. The predicted molar refractivity (Wildman–Crippen MR) is 55.3 cm³/mol. The number of rotatable bonds is 3. The molecule has 3 unspecified atom stereocenters. The molecule has 14 heavy (non-hydrogen) atoms. The summed E-state index contributed by atoms with van der Waals surface area (Å²) in [6.45, 7) is 2.65. The molecule has 2 rings (SSSR count). The summed E-state index contributed by atoms with van der Waals surface area (Å²) >= 11 is 0. The maximum absolute atomic E-state index is 12.0. The summed E-state index contributed by atoms with van der Waals surface area (Å²) in [6, 6.07) is 0.277. The first kappa shape index (κ1) is 10.4. The van der Waals surface area contributed by atoms with Gasteiger partial charge in [-0.25, -0.2) is 8.42 Å². The van der Waals surface area contributed by atoms with E-state index in [2.05, 4.69) is 0 Å². The molecule has 0 aromatic heterocycles. The molecule has 1 saturated heterocycles. The van der Waals surface area contributed by atoms with E-state index in [-0.39, 0.29) is 12.6 Å². The van der Waals surface area contributed by atoms with Crippen molar-refractivity contribution in [3.8, 4) is 0 Å². The Morgan fingerprint density at radius 1 is 1.50 bits per heavy atom. The van der Waals surface area contributed by atoms with Crippen LogP contribution in [0.4, 0.5) is 0 Å². The van der Waals surface area contributed by atoms with E-state index in [1.165, 1.54) is 6.42 Å². The maximum Gasteiger partial charge on any atom is 0.218 e. The summed E-state index contributed by atoms with van der Waals surface area (Å²) in [7, 11) is -3.11. The third-order valence-corrected chi connectivity index (χ3v) is 5.84. The van der Waals surface area contributed by atoms with Crippen molar-refractivity contribution in [1.82, 2.24) is 4.31 Å². The molecule has 2 fully saturated rings. The van der Waals surface area contributed by atoms with Gasteiger partial charge in [0.05, 0.1) is 5.25 Å². The second-order valence-electron chi connectivity index (χ2n) is 4.49. The van der Waals surface area contributed by atoms with Crippen molar-refractivity contribution in [3.05, 3.63) is 0 Å². The fourth-order valence-electron chi connectivity index (χ4n) is 2.54. The van der Waals surface area contributed by atoms with Crippen LogP contribution in [0.5, 0.6) is 0 Å². The second-order valence-corrected chi connectivity index (χ2v) is 6.80. The van der Waals surface area contributed by atoms with Crippen LogP contribution in [0, 0.1) is 5.92 Å². The molecule has 0 aromatic rings. The lowest BCUT2D eigenvalue weighted by Gasteiger charge is -2.28. The van der Waals surface area contributed by atoms with Crippen LogP contribution < -0.4 is 5.73 Å². The molecule has 5 heteroatoms. The minimum absolute atomic E-state index is 0.218. The molecule has 0 spiro atoms. The second kappa shape index (κ2) is 3.47. The molecule has 1 aliphatic carbocycles. The molecule has 2 bridgehead atoms. The first-order valence-corrected chi connectivity index (χ1v) is 6.76. The summed E-state index contributed by atoms with van der Waals surface area (Å²) < 4.78 is 25.7. The van der Waals surface area contributed by atoms with Crippen molar-refractivity contribution < 1.29 is 8.42 Å². The Morgan fingerprint density at radius 3 is 2.64 bits per heavy atom. The van der Waals surface area contributed by atoms with Gasteiger partial charge in [-0.05, 0) is 32.1 Å². The first-order valence-electron chi connectivity index (χ1n) is 5.26. The maximum atomic E-state index is 12.0. The summed E-state index contributed by atoms with van der Waals surface area (Å²) in [5, 5.41) is -0.429. The van der Waals surface area contributed by atoms with Crippen LogP contribution in [0.3, 0.4) is 0 Å². The molecule has 2 N–H and O–H groups in total. The van der Waals surface area contributed by atoms with Gasteiger partial charge in [-0.3, -0.25) is 0 Å². The predicted octanol–water partition coefficient (Wildman–Crippen LogP) is 0.148. The molecule has 82 valence electrons. The molecule has 1 aliphatic heterocycles. The number of piperidine rings is 1. The Hall–Kier alpha value is -0.130. The highest BCUT2D eigenvalue weighted by Crippen LogP contribution is 2.39. The molecular weight excluding hydrogens is 200 g/mol. The van der Waals surface area contributed by atoms with Gasteiger partial charge in [-0.1, -0.05) is 0 Å². The highest BCUT2D eigenvalue weighted by atomic mass is 32.2. The van der Waals surface area contributed by atoms with E-state index in [1.807, 2.05) is 0 Å². The quantitative estimate of drug-likeness (QED) is 0.733. The number of sulfonamides is 1. The standard InChI is InChI=1S/C9H18N2O2S/c1-7(5-10)14(12,13)11-6-8-2-3-9(11)4-8/h7-9H,2-6,10H2,1H3. The van der Waals surface area contributed by atoms with Crippen molar-refractivity contribution in [2.24, 2.45) is 11.7 Å². The van der Waals surface area contributed by atoms with E-state index < -0.39 is 15.3 Å². The topological polar surface area (TPSA) is 63.4 Å². The summed E-state index contributed by atoms with van der Waals surface area (Å²) in [6.07, 6.45) is 3.31. The van der Waals surface area contributed by atoms with Crippen LogP contribution in [0.15, 0.2) is 0 Å². The van der Waals surface area contributed by atoms with Gasteiger partial charge in [0.1, 0.15) is 0 Å². The average molecular weight is 218 g/mol. The van der Waals surface area contributed by atoms with Crippen LogP contribution in [-0.2, 0) is 10.0 Å². The van der Waals surface area contributed by atoms with Gasteiger partial charge in [-0.15, -0.1) is 0 Å². The zero-order valence-corrected chi connectivity index (χ0v) is 9.33. The van der Waals surface area contributed by atoms with Gasteiger partial charge in [0.25, 0.3) is 0 Å². The number of nitrogens with two attached hydrogens (primary N) is 1. The van der Waals surface area contributed by atoms with Crippen molar-refractivity contribution >= 4 is 10.0 Å². The number of hydrogen-bond donors (Lipinski definition) is 1. The summed E-state index contributed by atoms with van der Waals surface area (Å²) in [5.74, 6) is 0.611. The molecule has 2 aliphatic rings. The molecule has 3 atom stereocenters. The van der Waals surface area contributed by atoms with Crippen molar-refractivity contribution in [2.75, 3.05) is 13.1 Å². The summed E-state index contributed by atoms with van der Waals surface area (Å²) in [5.41, 5.74) is 5.42. The van der Waals surface area contributed by atoms with Crippen molar-refractivity contribution in [2.45, 2.75) is 37.5 Å². The normalized spacial score (nSPS) is 35.0. The van der Waals surface area contributed by atoms with E-state index in [4.69, 9.17) is 5.73 Å². The lowest BCUT2D eigenvalue weighted by atomic mass is 10.1. The molecule has 0 aromatic carbocycles. The van der Waals surface area contributed by atoms with Crippen molar-refractivity contribution in [1.29, 1.82) is 0 Å². The highest BCUT2D eigenvalue weighted by molar-refractivity contribution is 7.89. The Labute approximate surface area is 85.5 Å². The van der Waals surface area contributed by atoms with Gasteiger partial charge < -0.3 is 5.73 Å². The molecule has 1 heterocycles. The molecule has 1 saturated carbocycles. The van der Waals surface area contributed by atoms with Crippen LogP contribution in [0.2, 0.25) is 0 Å². The lowest BCUT2D eigenvalue weighted by Crippen LogP contribution is -2.44. The number of nitrogens with zero attached hydrogens (tertiary/aromatic N) is 1. The Bertz CT molecular complexity index is 315. The van der Waals surface area contributed by atoms with Crippen LogP contribution in [0.1, 0.15) is 26.2 Å². The van der Waals surface area contributed by atoms with E-state index in [0.717, 1.165) is 19.4 Å². The number of hydrogen-bond acceptors (Lipinski definition) is 3. The Balaban J connectivity index is 2.16. The third kappa shape index (κ3) is 1.47. The van der Waals surface area contributed by atoms with E-state index >= 15 is 0 Å². The minimum Gasteiger partial charge on any atom is -0.329 e. The van der Waals surface area contributed by atoms with Gasteiger partial charge >= 0.3 is 0 Å².